The molecule has 0 fully saturated rings. The molecule has 11 heteroatoms. The molecule has 1 amide bonds. The normalized spacial score (nSPS) is 15.0. The number of methoxy groups -OCH3 is 3. The van der Waals surface area contributed by atoms with E-state index < -0.39 is 23.2 Å². The van der Waals surface area contributed by atoms with Gasteiger partial charge in [0, 0.05) is 13.3 Å². The molecule has 2 aromatic carbocycles. The molecule has 0 radical (unpaired) electrons. The summed E-state index contributed by atoms with van der Waals surface area (Å²) in [4.78, 5) is 40.1. The first-order valence-corrected chi connectivity index (χ1v) is 10.6. The summed E-state index contributed by atoms with van der Waals surface area (Å²) >= 11 is 0. The number of para-hydroxylation sites is 2. The van der Waals surface area contributed by atoms with E-state index in [-0.39, 0.29) is 29.3 Å². The van der Waals surface area contributed by atoms with Crippen LogP contribution in [-0.4, -0.2) is 52.6 Å². The van der Waals surface area contributed by atoms with Crippen molar-refractivity contribution in [3.8, 4) is 28.8 Å². The SMILES string of the molecule is COc1ccc([C@@H]2CC(c3c(O)n(-c4ccccc4OC)c(=O)[nH]c3=O)=NN2C(C)=O)cc1OC. The van der Waals surface area contributed by atoms with Crippen molar-refractivity contribution in [1.29, 1.82) is 0 Å². The van der Waals surface area contributed by atoms with Gasteiger partial charge < -0.3 is 19.3 Å². The van der Waals surface area contributed by atoms with E-state index in [0.29, 0.717) is 22.8 Å². The molecule has 182 valence electrons. The average molecular weight is 480 g/mol. The summed E-state index contributed by atoms with van der Waals surface area (Å²) < 4.78 is 16.9. The van der Waals surface area contributed by atoms with Crippen LogP contribution in [0, 0.1) is 0 Å². The minimum atomic E-state index is -0.848. The van der Waals surface area contributed by atoms with Crippen molar-refractivity contribution in [2.24, 2.45) is 5.10 Å². The highest BCUT2D eigenvalue weighted by Crippen LogP contribution is 2.38. The van der Waals surface area contributed by atoms with Gasteiger partial charge >= 0.3 is 5.69 Å². The lowest BCUT2D eigenvalue weighted by Crippen LogP contribution is -2.33. The maximum absolute atomic E-state index is 12.8. The van der Waals surface area contributed by atoms with Crippen molar-refractivity contribution in [1.82, 2.24) is 14.6 Å². The van der Waals surface area contributed by atoms with Gasteiger partial charge in [-0.3, -0.25) is 14.6 Å². The molecule has 0 saturated carbocycles. The summed E-state index contributed by atoms with van der Waals surface area (Å²) in [5, 5.41) is 16.7. The van der Waals surface area contributed by atoms with Crippen LogP contribution < -0.4 is 25.5 Å². The second kappa shape index (κ2) is 9.37. The van der Waals surface area contributed by atoms with E-state index in [0.717, 1.165) is 4.57 Å². The Hall–Kier alpha value is -4.54. The largest absolute Gasteiger partial charge is 0.495 e. The Balaban J connectivity index is 1.84. The second-order valence-corrected chi connectivity index (χ2v) is 7.71. The minimum Gasteiger partial charge on any atom is -0.495 e. The van der Waals surface area contributed by atoms with Gasteiger partial charge in [-0.1, -0.05) is 18.2 Å². The highest BCUT2D eigenvalue weighted by molar-refractivity contribution is 6.04. The van der Waals surface area contributed by atoms with Crippen molar-refractivity contribution >= 4 is 11.6 Å². The number of rotatable bonds is 6. The molecule has 2 N–H and O–H groups in total. The van der Waals surface area contributed by atoms with Gasteiger partial charge in [-0.25, -0.2) is 14.4 Å². The molecular formula is C24H24N4O7. The summed E-state index contributed by atoms with van der Waals surface area (Å²) in [5.41, 5.74) is -0.834. The van der Waals surface area contributed by atoms with Crippen LogP contribution in [-0.2, 0) is 4.79 Å². The van der Waals surface area contributed by atoms with E-state index in [1.54, 1.807) is 42.5 Å². The number of hydrogen-bond acceptors (Lipinski definition) is 8. The van der Waals surface area contributed by atoms with Crippen LogP contribution in [0.15, 0.2) is 57.2 Å². The molecule has 2 heterocycles. The van der Waals surface area contributed by atoms with Gasteiger partial charge in [-0.15, -0.1) is 0 Å². The van der Waals surface area contributed by atoms with Crippen LogP contribution >= 0.6 is 0 Å². The molecule has 0 bridgehead atoms. The monoisotopic (exact) mass is 480 g/mol. The third-order valence-electron chi connectivity index (χ3n) is 5.73. The Labute approximate surface area is 199 Å². The molecule has 0 unspecified atom stereocenters. The number of nitrogens with one attached hydrogen (secondary N) is 1. The van der Waals surface area contributed by atoms with Gasteiger partial charge in [0.25, 0.3) is 5.56 Å². The molecule has 35 heavy (non-hydrogen) atoms. The van der Waals surface area contributed by atoms with E-state index >= 15 is 0 Å². The zero-order chi connectivity index (χ0) is 25.3. The van der Waals surface area contributed by atoms with Gasteiger partial charge in [0.15, 0.2) is 11.5 Å². The molecule has 11 nitrogen and oxygen atoms in total. The van der Waals surface area contributed by atoms with E-state index in [9.17, 15) is 19.5 Å². The number of aromatic nitrogens is 2. The lowest BCUT2D eigenvalue weighted by atomic mass is 9.98. The fourth-order valence-corrected chi connectivity index (χ4v) is 4.09. The summed E-state index contributed by atoms with van der Waals surface area (Å²) in [6.45, 7) is 1.35. The van der Waals surface area contributed by atoms with Crippen LogP contribution in [0.3, 0.4) is 0 Å². The van der Waals surface area contributed by atoms with Crippen molar-refractivity contribution in [2.45, 2.75) is 19.4 Å². The number of carbonyl (C=O) groups is 1. The van der Waals surface area contributed by atoms with Gasteiger partial charge in [-0.05, 0) is 29.8 Å². The fraction of sp³-hybridized carbons (Fsp3) is 0.250. The molecule has 0 spiro atoms. The third kappa shape index (κ3) is 4.12. The highest BCUT2D eigenvalue weighted by Gasteiger charge is 2.35. The van der Waals surface area contributed by atoms with E-state index in [1.165, 1.54) is 33.3 Å². The Morgan fingerprint density at radius 2 is 1.71 bits per heavy atom. The molecule has 1 atom stereocenters. The second-order valence-electron chi connectivity index (χ2n) is 7.71. The molecule has 1 aliphatic heterocycles. The zero-order valence-corrected chi connectivity index (χ0v) is 19.6. The summed E-state index contributed by atoms with van der Waals surface area (Å²) in [5.74, 6) is 0.312. The van der Waals surface area contributed by atoms with Crippen molar-refractivity contribution in [3.05, 3.63) is 74.4 Å². The maximum Gasteiger partial charge on any atom is 0.335 e. The quantitative estimate of drug-likeness (QED) is 0.550. The maximum atomic E-state index is 12.8. The number of hydrazone groups is 1. The number of amides is 1. The summed E-state index contributed by atoms with van der Waals surface area (Å²) in [6.07, 6.45) is 0.107. The predicted octanol–water partition coefficient (Wildman–Crippen LogP) is 1.95. The molecule has 1 aliphatic rings. The van der Waals surface area contributed by atoms with Crippen molar-refractivity contribution in [2.75, 3.05) is 21.3 Å². The van der Waals surface area contributed by atoms with E-state index in [1.807, 2.05) is 0 Å². The number of aromatic hydroxyl groups is 1. The summed E-state index contributed by atoms with van der Waals surface area (Å²) in [7, 11) is 4.44. The van der Waals surface area contributed by atoms with E-state index in [4.69, 9.17) is 14.2 Å². The van der Waals surface area contributed by atoms with Crippen LogP contribution in [0.4, 0.5) is 0 Å². The molecule has 4 rings (SSSR count). The van der Waals surface area contributed by atoms with Crippen LogP contribution in [0.25, 0.3) is 5.69 Å². The van der Waals surface area contributed by atoms with Crippen LogP contribution in [0.1, 0.15) is 30.5 Å². The molecular weight excluding hydrogens is 456 g/mol. The Morgan fingerprint density at radius 1 is 1.03 bits per heavy atom. The standard InChI is InChI=1S/C24H24N4O7/c1-13(29)28-17(14-9-10-19(34-3)20(11-14)35-4)12-15(26-28)21-22(30)25-24(32)27(23(21)31)16-7-5-6-8-18(16)33-2/h5-11,17,31H,12H2,1-4H3,(H,25,30,32)/t17-/m0/s1. The smallest absolute Gasteiger partial charge is 0.335 e. The lowest BCUT2D eigenvalue weighted by molar-refractivity contribution is -0.130. The average Bonchev–Trinajstić information content (AvgIpc) is 3.29. The first-order valence-electron chi connectivity index (χ1n) is 10.6. The van der Waals surface area contributed by atoms with Gasteiger partial charge in [0.1, 0.15) is 11.3 Å². The number of benzene rings is 2. The van der Waals surface area contributed by atoms with E-state index in [2.05, 4.69) is 10.1 Å². The number of H-pyrrole nitrogens is 1. The van der Waals surface area contributed by atoms with Crippen LogP contribution in [0.5, 0.6) is 23.1 Å². The van der Waals surface area contributed by atoms with Gasteiger partial charge in [0.2, 0.25) is 11.8 Å². The Kier molecular flexibility index (Phi) is 6.32. The Morgan fingerprint density at radius 3 is 2.37 bits per heavy atom. The van der Waals surface area contributed by atoms with Gasteiger partial charge in [-0.2, -0.15) is 5.10 Å². The minimum absolute atomic E-state index is 0.107. The van der Waals surface area contributed by atoms with Crippen molar-refractivity contribution < 1.29 is 24.1 Å². The number of aromatic amines is 1. The molecule has 3 aromatic rings. The molecule has 1 aromatic heterocycles. The number of hydrogen-bond donors (Lipinski definition) is 2. The third-order valence-corrected chi connectivity index (χ3v) is 5.73. The molecule has 0 saturated heterocycles. The highest BCUT2D eigenvalue weighted by atomic mass is 16.5. The number of ether oxygens (including phenoxy) is 3. The fourth-order valence-electron chi connectivity index (χ4n) is 4.09. The number of carbonyl (C=O) groups excluding carboxylic acids is 1. The topological polar surface area (TPSA) is 135 Å². The Bertz CT molecular complexity index is 1440. The summed E-state index contributed by atoms with van der Waals surface area (Å²) in [6, 6.07) is 11.2. The first-order chi connectivity index (χ1) is 16.8. The predicted molar refractivity (Wildman–Crippen MR) is 127 cm³/mol. The zero-order valence-electron chi connectivity index (χ0n) is 19.6. The lowest BCUT2D eigenvalue weighted by Gasteiger charge is -2.21. The molecule has 0 aliphatic carbocycles. The first kappa shape index (κ1) is 23.6. The van der Waals surface area contributed by atoms with Crippen LogP contribution in [0.2, 0.25) is 0 Å². The van der Waals surface area contributed by atoms with Gasteiger partial charge in [0.05, 0.1) is 38.8 Å². The number of nitrogens with zero attached hydrogens (tertiary/aromatic N) is 3. The van der Waals surface area contributed by atoms with Crippen molar-refractivity contribution in [3.63, 3.8) is 0 Å².